The van der Waals surface area contributed by atoms with Gasteiger partial charge in [-0.05, 0) is 43.2 Å². The molecule has 1 aromatic rings. The van der Waals surface area contributed by atoms with Crippen LogP contribution in [-0.2, 0) is 0 Å². The molecule has 1 aliphatic heterocycles. The highest BCUT2D eigenvalue weighted by atomic mass is 32.2. The van der Waals surface area contributed by atoms with Gasteiger partial charge in [0.2, 0.25) is 0 Å². The third-order valence-corrected chi connectivity index (χ3v) is 5.53. The standard InChI is InChI=1S/C13H21NOS2/c1-9(4-3-6-15)14-12-8-10(2)17-13-11(12)5-7-16-13/h5,7,9-10,12,14-15H,3-4,6,8H2,1-2H3/t9?,10-,12?/m0/s1. The molecule has 17 heavy (non-hydrogen) atoms. The summed E-state index contributed by atoms with van der Waals surface area (Å²) in [6.07, 6.45) is 3.15. The SMILES string of the molecule is CC(CCCO)NC1C[C@H](C)Sc2sccc21. The maximum Gasteiger partial charge on any atom is 0.0649 e. The molecule has 96 valence electrons. The summed E-state index contributed by atoms with van der Waals surface area (Å²) in [5.74, 6) is 0. The number of nitrogens with one attached hydrogen (secondary N) is 1. The van der Waals surface area contributed by atoms with Gasteiger partial charge in [-0.3, -0.25) is 0 Å². The van der Waals surface area contributed by atoms with Crippen LogP contribution in [-0.4, -0.2) is 23.0 Å². The molecule has 4 heteroatoms. The van der Waals surface area contributed by atoms with Crippen LogP contribution in [0.5, 0.6) is 0 Å². The molecule has 2 N–H and O–H groups in total. The molecule has 0 saturated heterocycles. The van der Waals surface area contributed by atoms with Crippen LogP contribution in [0.3, 0.4) is 0 Å². The molecular weight excluding hydrogens is 250 g/mol. The molecule has 1 aliphatic rings. The first-order valence-electron chi connectivity index (χ1n) is 6.31. The quantitative estimate of drug-likeness (QED) is 0.860. The molecule has 2 nitrogen and oxygen atoms in total. The highest BCUT2D eigenvalue weighted by Crippen LogP contribution is 2.43. The minimum Gasteiger partial charge on any atom is -0.396 e. The van der Waals surface area contributed by atoms with Crippen LogP contribution in [0.15, 0.2) is 15.7 Å². The summed E-state index contributed by atoms with van der Waals surface area (Å²) in [6, 6.07) is 3.24. The zero-order chi connectivity index (χ0) is 12.3. The Labute approximate surface area is 112 Å². The third-order valence-electron chi connectivity index (χ3n) is 3.19. The normalized spacial score (nSPS) is 25.6. The third kappa shape index (κ3) is 3.47. The summed E-state index contributed by atoms with van der Waals surface area (Å²) in [5.41, 5.74) is 1.48. The van der Waals surface area contributed by atoms with E-state index in [0.29, 0.717) is 23.9 Å². The van der Waals surface area contributed by atoms with Gasteiger partial charge in [0.05, 0.1) is 4.21 Å². The monoisotopic (exact) mass is 271 g/mol. The maximum absolute atomic E-state index is 8.86. The molecule has 0 spiro atoms. The van der Waals surface area contributed by atoms with Crippen LogP contribution in [0.1, 0.15) is 44.7 Å². The molecule has 3 atom stereocenters. The molecule has 0 aliphatic carbocycles. The Morgan fingerprint density at radius 2 is 2.41 bits per heavy atom. The highest BCUT2D eigenvalue weighted by molar-refractivity contribution is 8.01. The lowest BCUT2D eigenvalue weighted by molar-refractivity contribution is 0.272. The smallest absolute Gasteiger partial charge is 0.0649 e. The lowest BCUT2D eigenvalue weighted by atomic mass is 10.0. The predicted molar refractivity (Wildman–Crippen MR) is 75.9 cm³/mol. The largest absolute Gasteiger partial charge is 0.396 e. The number of rotatable bonds is 5. The molecule has 2 rings (SSSR count). The van der Waals surface area contributed by atoms with E-state index in [2.05, 4.69) is 30.6 Å². The fraction of sp³-hybridized carbons (Fsp3) is 0.692. The van der Waals surface area contributed by atoms with Crippen LogP contribution in [0.2, 0.25) is 0 Å². The van der Waals surface area contributed by atoms with Gasteiger partial charge in [-0.15, -0.1) is 23.1 Å². The lowest BCUT2D eigenvalue weighted by Crippen LogP contribution is -2.33. The van der Waals surface area contributed by atoms with Crippen molar-refractivity contribution in [1.29, 1.82) is 0 Å². The fourth-order valence-corrected chi connectivity index (χ4v) is 4.90. The molecule has 0 saturated carbocycles. The Kier molecular flexibility index (Phi) is 4.91. The molecular formula is C13H21NOS2. The second-order valence-corrected chi connectivity index (χ2v) is 7.44. The van der Waals surface area contributed by atoms with Crippen molar-refractivity contribution < 1.29 is 5.11 Å². The first-order valence-corrected chi connectivity index (χ1v) is 8.07. The van der Waals surface area contributed by atoms with Gasteiger partial charge in [-0.2, -0.15) is 0 Å². The summed E-state index contributed by atoms with van der Waals surface area (Å²) < 4.78 is 1.48. The maximum atomic E-state index is 8.86. The number of hydrogen-bond donors (Lipinski definition) is 2. The van der Waals surface area contributed by atoms with E-state index in [-0.39, 0.29) is 0 Å². The molecule has 0 fully saturated rings. The molecule has 0 aromatic carbocycles. The molecule has 1 aromatic heterocycles. The number of hydrogen-bond acceptors (Lipinski definition) is 4. The van der Waals surface area contributed by atoms with Gasteiger partial charge < -0.3 is 10.4 Å². The van der Waals surface area contributed by atoms with E-state index >= 15 is 0 Å². The van der Waals surface area contributed by atoms with E-state index in [1.807, 2.05) is 23.1 Å². The predicted octanol–water partition coefficient (Wildman–Crippen LogP) is 3.42. The van der Waals surface area contributed by atoms with Gasteiger partial charge in [-0.1, -0.05) is 6.92 Å². The second-order valence-electron chi connectivity index (χ2n) is 4.81. The van der Waals surface area contributed by atoms with Gasteiger partial charge in [0, 0.05) is 23.9 Å². The minimum atomic E-state index is 0.298. The van der Waals surface area contributed by atoms with Crippen molar-refractivity contribution in [2.45, 2.75) is 54.7 Å². The number of aliphatic hydroxyl groups is 1. The van der Waals surface area contributed by atoms with E-state index in [4.69, 9.17) is 5.11 Å². The molecule has 0 amide bonds. The summed E-state index contributed by atoms with van der Waals surface area (Å²) >= 11 is 3.87. The second kappa shape index (κ2) is 6.23. The van der Waals surface area contributed by atoms with Crippen LogP contribution < -0.4 is 5.32 Å². The Hall–Kier alpha value is -0.0300. The van der Waals surface area contributed by atoms with Gasteiger partial charge in [-0.25, -0.2) is 0 Å². The van der Waals surface area contributed by atoms with E-state index in [0.717, 1.165) is 12.8 Å². The molecule has 2 heterocycles. The van der Waals surface area contributed by atoms with Crippen LogP contribution in [0.4, 0.5) is 0 Å². The van der Waals surface area contributed by atoms with Crippen molar-refractivity contribution in [3.05, 3.63) is 17.0 Å². The van der Waals surface area contributed by atoms with Crippen molar-refractivity contribution in [1.82, 2.24) is 5.32 Å². The molecule has 0 bridgehead atoms. The Bertz CT molecular complexity index is 353. The first kappa shape index (κ1) is 13.4. The van der Waals surface area contributed by atoms with Crippen molar-refractivity contribution in [3.8, 4) is 0 Å². The Balaban J connectivity index is 1.97. The summed E-state index contributed by atoms with van der Waals surface area (Å²) in [4.78, 5) is 0. The Morgan fingerprint density at radius 1 is 1.59 bits per heavy atom. The average Bonchev–Trinajstić information content (AvgIpc) is 2.74. The zero-order valence-corrected chi connectivity index (χ0v) is 12.1. The Morgan fingerprint density at radius 3 is 3.18 bits per heavy atom. The van der Waals surface area contributed by atoms with E-state index in [9.17, 15) is 0 Å². The van der Waals surface area contributed by atoms with Gasteiger partial charge in [0.1, 0.15) is 0 Å². The summed E-state index contributed by atoms with van der Waals surface area (Å²) in [5, 5.41) is 15.5. The highest BCUT2D eigenvalue weighted by Gasteiger charge is 2.26. The minimum absolute atomic E-state index is 0.298. The van der Waals surface area contributed by atoms with Gasteiger partial charge in [0.15, 0.2) is 0 Å². The van der Waals surface area contributed by atoms with Gasteiger partial charge in [0.25, 0.3) is 0 Å². The number of fused-ring (bicyclic) bond motifs is 1. The molecule has 0 radical (unpaired) electrons. The van der Waals surface area contributed by atoms with Crippen LogP contribution in [0, 0.1) is 0 Å². The van der Waals surface area contributed by atoms with Crippen molar-refractivity contribution in [2.75, 3.05) is 6.61 Å². The zero-order valence-electron chi connectivity index (χ0n) is 10.5. The number of thioether (sulfide) groups is 1. The number of thiophene rings is 1. The van der Waals surface area contributed by atoms with Crippen LogP contribution >= 0.6 is 23.1 Å². The summed E-state index contributed by atoms with van der Waals surface area (Å²) in [6.45, 7) is 4.82. The van der Waals surface area contributed by atoms with Crippen molar-refractivity contribution >= 4 is 23.1 Å². The van der Waals surface area contributed by atoms with Gasteiger partial charge >= 0.3 is 0 Å². The van der Waals surface area contributed by atoms with E-state index in [1.165, 1.54) is 16.2 Å². The van der Waals surface area contributed by atoms with Crippen molar-refractivity contribution in [2.24, 2.45) is 0 Å². The first-order chi connectivity index (χ1) is 8.20. The topological polar surface area (TPSA) is 32.3 Å². The van der Waals surface area contributed by atoms with Crippen LogP contribution in [0.25, 0.3) is 0 Å². The lowest BCUT2D eigenvalue weighted by Gasteiger charge is -2.30. The van der Waals surface area contributed by atoms with E-state index < -0.39 is 0 Å². The number of aliphatic hydroxyl groups excluding tert-OH is 1. The van der Waals surface area contributed by atoms with E-state index in [1.54, 1.807) is 0 Å². The molecule has 2 unspecified atom stereocenters. The van der Waals surface area contributed by atoms with Crippen molar-refractivity contribution in [3.63, 3.8) is 0 Å². The summed E-state index contributed by atoms with van der Waals surface area (Å²) in [7, 11) is 0. The average molecular weight is 271 g/mol. The fourth-order valence-electron chi connectivity index (χ4n) is 2.33.